The predicted molar refractivity (Wildman–Crippen MR) is 138 cm³/mol. The van der Waals surface area contributed by atoms with Crippen LogP contribution in [0.1, 0.15) is 22.8 Å². The third kappa shape index (κ3) is 13.9. The van der Waals surface area contributed by atoms with E-state index in [1.165, 1.54) is 0 Å². The summed E-state index contributed by atoms with van der Waals surface area (Å²) in [7, 11) is -12.0. The molecule has 0 atom stereocenters. The van der Waals surface area contributed by atoms with Crippen LogP contribution in [0, 0.1) is 0 Å². The van der Waals surface area contributed by atoms with Gasteiger partial charge in [-0.2, -0.15) is 0 Å². The van der Waals surface area contributed by atoms with E-state index in [0.29, 0.717) is 76.2 Å². The van der Waals surface area contributed by atoms with Gasteiger partial charge in [0.2, 0.25) is 23.6 Å². The van der Waals surface area contributed by atoms with Gasteiger partial charge in [-0.05, 0) is 24.3 Å². The molecule has 234 valence electrons. The number of hydrogen-bond donors (Lipinski definition) is 0. The van der Waals surface area contributed by atoms with Crippen molar-refractivity contribution in [2.45, 2.75) is 0 Å². The molecule has 4 aliphatic rings. The number of aliphatic imine (C=N–C) groups is 4. The number of nitrogens with zero attached hydrogens (tertiary/aromatic N) is 6. The predicted octanol–water partition coefficient (Wildman–Crippen LogP) is 3.87. The number of pyridine rings is 2. The fourth-order valence-corrected chi connectivity index (χ4v) is 3.31. The summed E-state index contributed by atoms with van der Waals surface area (Å²) in [4.78, 5) is 25.8. The molecule has 0 radical (unpaired) electrons. The molecule has 0 aliphatic carbocycles. The summed E-state index contributed by atoms with van der Waals surface area (Å²) in [6, 6.07) is 11.3. The molecule has 6 heterocycles. The van der Waals surface area contributed by atoms with Crippen LogP contribution in [0.15, 0.2) is 56.4 Å². The van der Waals surface area contributed by atoms with Crippen molar-refractivity contribution in [2.24, 2.45) is 20.0 Å². The Hall–Kier alpha value is -3.73. The van der Waals surface area contributed by atoms with Gasteiger partial charge in [-0.25, -0.2) is 29.9 Å². The monoisotopic (exact) mass is 664 g/mol. The third-order valence-corrected chi connectivity index (χ3v) is 4.72. The third-order valence-electron chi connectivity index (χ3n) is 4.72. The molecule has 0 aromatic carbocycles. The Bertz CT molecular complexity index is 1140. The molecule has 2 aromatic heterocycles. The molecule has 21 heteroatoms. The van der Waals surface area contributed by atoms with Crippen molar-refractivity contribution < 1.29 is 70.5 Å². The quantitative estimate of drug-likeness (QED) is 0.363. The van der Waals surface area contributed by atoms with Gasteiger partial charge in [0.25, 0.3) is 0 Å². The number of ether oxygens (including phenoxy) is 4. The summed E-state index contributed by atoms with van der Waals surface area (Å²) < 4.78 is 99.5. The van der Waals surface area contributed by atoms with Crippen LogP contribution < -0.4 is 0 Å². The number of halogens is 8. The Morgan fingerprint density at radius 3 is 0.814 bits per heavy atom. The SMILES string of the molecule is F[B-](F)(F)F.F[B-](F)(F)F.[Fe+2].c1cc(C2=NCCO2)nc(C2=NCCO2)c1.c1cc(C2=NCCO2)nc(C2=NCCO2)c1. The van der Waals surface area contributed by atoms with Gasteiger partial charge < -0.3 is 53.5 Å². The van der Waals surface area contributed by atoms with Crippen molar-refractivity contribution in [3.05, 3.63) is 59.2 Å². The van der Waals surface area contributed by atoms with E-state index < -0.39 is 14.5 Å². The topological polar surface area (TPSA) is 112 Å². The number of hydrogen-bond acceptors (Lipinski definition) is 10. The molecular formula is C22H22B2F8FeN6O4. The van der Waals surface area contributed by atoms with E-state index in [2.05, 4.69) is 29.9 Å². The van der Waals surface area contributed by atoms with Gasteiger partial charge in [0, 0.05) is 0 Å². The Balaban J connectivity index is 0.000000226. The molecular weight excluding hydrogens is 642 g/mol. The Labute approximate surface area is 250 Å². The first-order chi connectivity index (χ1) is 19.9. The van der Waals surface area contributed by atoms with Crippen LogP contribution in [-0.2, 0) is 36.0 Å². The van der Waals surface area contributed by atoms with Crippen LogP contribution in [0.4, 0.5) is 34.5 Å². The van der Waals surface area contributed by atoms with Gasteiger partial charge in [-0.3, -0.25) is 0 Å². The first kappa shape index (κ1) is 35.5. The second-order valence-corrected chi connectivity index (χ2v) is 7.95. The molecule has 0 amide bonds. The normalized spacial score (nSPS) is 16.7. The van der Waals surface area contributed by atoms with E-state index >= 15 is 0 Å². The summed E-state index contributed by atoms with van der Waals surface area (Å²) in [5.74, 6) is 2.45. The summed E-state index contributed by atoms with van der Waals surface area (Å²) >= 11 is 0. The van der Waals surface area contributed by atoms with Crippen LogP contribution in [0.2, 0.25) is 0 Å². The van der Waals surface area contributed by atoms with Gasteiger partial charge in [0.1, 0.15) is 49.2 Å². The summed E-state index contributed by atoms with van der Waals surface area (Å²) in [5, 5.41) is 0. The number of rotatable bonds is 4. The molecule has 10 nitrogen and oxygen atoms in total. The molecule has 0 unspecified atom stereocenters. The average Bonchev–Trinajstić information content (AvgIpc) is 3.76. The zero-order chi connectivity index (χ0) is 30.6. The van der Waals surface area contributed by atoms with Crippen molar-refractivity contribution >= 4 is 38.1 Å². The molecule has 43 heavy (non-hydrogen) atoms. The maximum Gasteiger partial charge on any atom is 2.00 e. The fraction of sp³-hybridized carbons (Fsp3) is 0.364. The van der Waals surface area contributed by atoms with Crippen molar-refractivity contribution in [3.8, 4) is 0 Å². The van der Waals surface area contributed by atoms with Crippen molar-refractivity contribution in [1.29, 1.82) is 0 Å². The minimum Gasteiger partial charge on any atom is -0.474 e. The Kier molecular flexibility index (Phi) is 13.8. The summed E-state index contributed by atoms with van der Waals surface area (Å²) in [6.07, 6.45) is 0. The van der Waals surface area contributed by atoms with Crippen molar-refractivity contribution in [1.82, 2.24) is 9.97 Å². The van der Waals surface area contributed by atoms with Crippen molar-refractivity contribution in [3.63, 3.8) is 0 Å². The van der Waals surface area contributed by atoms with Crippen LogP contribution in [0.25, 0.3) is 0 Å². The van der Waals surface area contributed by atoms with Gasteiger partial charge in [-0.1, -0.05) is 12.1 Å². The second kappa shape index (κ2) is 16.8. The van der Waals surface area contributed by atoms with Crippen LogP contribution in [0.3, 0.4) is 0 Å². The molecule has 0 bridgehead atoms. The van der Waals surface area contributed by atoms with Crippen LogP contribution >= 0.6 is 0 Å². The average molecular weight is 664 g/mol. The van der Waals surface area contributed by atoms with Crippen molar-refractivity contribution in [2.75, 3.05) is 52.6 Å². The maximum atomic E-state index is 9.75. The van der Waals surface area contributed by atoms with Gasteiger partial charge >= 0.3 is 31.6 Å². The van der Waals surface area contributed by atoms with E-state index in [0.717, 1.165) is 22.8 Å². The largest absolute Gasteiger partial charge is 2.00 e. The zero-order valence-electron chi connectivity index (χ0n) is 22.0. The molecule has 2 aromatic rings. The molecule has 6 rings (SSSR count). The maximum absolute atomic E-state index is 9.75. The number of aromatic nitrogens is 2. The Morgan fingerprint density at radius 2 is 0.651 bits per heavy atom. The standard InChI is InChI=1S/2C11H11N3O2.2BF4.Fe/c2*1-2-8(10-12-4-6-15-10)14-9(3-1)11-13-5-7-16-11;2*2-1(3,4)5;/h2*1-3H,4-7H2;;;/q;;2*-1;+2. The Morgan fingerprint density at radius 1 is 0.442 bits per heavy atom. The molecule has 0 saturated carbocycles. The van der Waals surface area contributed by atoms with Crippen LogP contribution in [0.5, 0.6) is 0 Å². The van der Waals surface area contributed by atoms with E-state index in [9.17, 15) is 34.5 Å². The van der Waals surface area contributed by atoms with E-state index in [-0.39, 0.29) is 17.1 Å². The van der Waals surface area contributed by atoms with E-state index in [1.54, 1.807) is 0 Å². The summed E-state index contributed by atoms with van der Waals surface area (Å²) in [6.45, 7) is 5.38. The van der Waals surface area contributed by atoms with Gasteiger partial charge in [-0.15, -0.1) is 0 Å². The molecule has 0 N–H and O–H groups in total. The van der Waals surface area contributed by atoms with E-state index in [4.69, 9.17) is 18.9 Å². The molecule has 0 spiro atoms. The van der Waals surface area contributed by atoms with E-state index in [1.807, 2.05) is 36.4 Å². The smallest absolute Gasteiger partial charge is 0.474 e. The molecule has 4 aliphatic heterocycles. The zero-order valence-corrected chi connectivity index (χ0v) is 23.1. The molecule has 0 fully saturated rings. The van der Waals surface area contributed by atoms with Gasteiger partial charge in [0.05, 0.1) is 26.2 Å². The fourth-order valence-electron chi connectivity index (χ4n) is 3.31. The second-order valence-electron chi connectivity index (χ2n) is 7.95. The first-order valence-corrected chi connectivity index (χ1v) is 12.3. The van der Waals surface area contributed by atoms with Gasteiger partial charge in [0.15, 0.2) is 0 Å². The minimum atomic E-state index is -6.00. The first-order valence-electron chi connectivity index (χ1n) is 12.3. The minimum absolute atomic E-state index is 0. The molecule has 0 saturated heterocycles. The van der Waals surface area contributed by atoms with Crippen LogP contribution in [-0.4, -0.2) is 101 Å². The summed E-state index contributed by atoms with van der Waals surface area (Å²) in [5.41, 5.74) is 2.97.